The van der Waals surface area contributed by atoms with Crippen LogP contribution in [0.1, 0.15) is 25.5 Å². The van der Waals surface area contributed by atoms with Gasteiger partial charge >= 0.3 is 0 Å². The van der Waals surface area contributed by atoms with E-state index in [4.69, 9.17) is 5.11 Å². The van der Waals surface area contributed by atoms with E-state index in [1.165, 1.54) is 5.56 Å². The quantitative estimate of drug-likeness (QED) is 0.749. The van der Waals surface area contributed by atoms with E-state index in [9.17, 15) is 0 Å². The lowest BCUT2D eigenvalue weighted by Crippen LogP contribution is -2.25. The third-order valence-corrected chi connectivity index (χ3v) is 2.38. The van der Waals surface area contributed by atoms with Crippen molar-refractivity contribution in [1.82, 2.24) is 5.32 Å². The van der Waals surface area contributed by atoms with Crippen molar-refractivity contribution in [2.45, 2.75) is 19.9 Å². The van der Waals surface area contributed by atoms with Gasteiger partial charge in [0, 0.05) is 19.2 Å². The Labute approximate surface area is 86.0 Å². The highest BCUT2D eigenvalue weighted by Crippen LogP contribution is 2.11. The van der Waals surface area contributed by atoms with E-state index >= 15 is 0 Å². The molecule has 0 saturated heterocycles. The zero-order valence-corrected chi connectivity index (χ0v) is 8.90. The Balaban J connectivity index is 2.39. The fraction of sp³-hybridized carbons (Fsp3) is 0.500. The molecule has 0 aliphatic heterocycles. The molecule has 2 atom stereocenters. The minimum absolute atomic E-state index is 0.245. The van der Waals surface area contributed by atoms with Gasteiger partial charge in [-0.15, -0.1) is 0 Å². The Kier molecular flexibility index (Phi) is 4.63. The van der Waals surface area contributed by atoms with E-state index in [-0.39, 0.29) is 6.61 Å². The van der Waals surface area contributed by atoms with Crippen molar-refractivity contribution in [3.8, 4) is 0 Å². The van der Waals surface area contributed by atoms with E-state index in [2.05, 4.69) is 24.4 Å². The summed E-state index contributed by atoms with van der Waals surface area (Å²) < 4.78 is 0. The maximum Gasteiger partial charge on any atom is 0.0468 e. The molecule has 0 fully saturated rings. The van der Waals surface area contributed by atoms with Crippen molar-refractivity contribution in [2.24, 2.45) is 5.92 Å². The van der Waals surface area contributed by atoms with Gasteiger partial charge in [0.05, 0.1) is 0 Å². The molecule has 0 aliphatic carbocycles. The fourth-order valence-corrected chi connectivity index (χ4v) is 1.30. The first kappa shape index (κ1) is 11.2. The monoisotopic (exact) mass is 193 g/mol. The normalized spacial score (nSPS) is 15.1. The van der Waals surface area contributed by atoms with Crippen LogP contribution in [0.25, 0.3) is 0 Å². The molecule has 0 saturated carbocycles. The third kappa shape index (κ3) is 3.48. The van der Waals surface area contributed by atoms with Crippen LogP contribution in [0.15, 0.2) is 30.3 Å². The lowest BCUT2D eigenvalue weighted by molar-refractivity contribution is 0.231. The van der Waals surface area contributed by atoms with Crippen LogP contribution in [-0.2, 0) is 0 Å². The van der Waals surface area contributed by atoms with Crippen LogP contribution in [0.4, 0.5) is 0 Å². The van der Waals surface area contributed by atoms with Crippen molar-refractivity contribution < 1.29 is 5.11 Å². The number of hydrogen-bond donors (Lipinski definition) is 2. The summed E-state index contributed by atoms with van der Waals surface area (Å²) in [5.41, 5.74) is 1.29. The first-order valence-corrected chi connectivity index (χ1v) is 5.13. The van der Waals surface area contributed by atoms with Gasteiger partial charge in [-0.1, -0.05) is 37.3 Å². The van der Waals surface area contributed by atoms with Gasteiger partial charge < -0.3 is 10.4 Å². The van der Waals surface area contributed by atoms with Crippen molar-refractivity contribution in [2.75, 3.05) is 13.2 Å². The van der Waals surface area contributed by atoms with E-state index in [1.807, 2.05) is 25.1 Å². The number of nitrogens with one attached hydrogen (secondary N) is 1. The van der Waals surface area contributed by atoms with Gasteiger partial charge in [0.1, 0.15) is 0 Å². The van der Waals surface area contributed by atoms with Crippen molar-refractivity contribution in [1.29, 1.82) is 0 Å². The summed E-state index contributed by atoms with van der Waals surface area (Å²) in [5, 5.41) is 12.3. The molecule has 0 radical (unpaired) electrons. The molecule has 2 heteroatoms. The maximum absolute atomic E-state index is 8.88. The Bertz CT molecular complexity index is 248. The predicted octanol–water partition coefficient (Wildman–Crippen LogP) is 1.97. The number of rotatable bonds is 5. The summed E-state index contributed by atoms with van der Waals surface area (Å²) in [6.45, 7) is 5.27. The Hall–Kier alpha value is -0.860. The molecular formula is C12H19NO. The van der Waals surface area contributed by atoms with Crippen molar-refractivity contribution in [3.63, 3.8) is 0 Å². The van der Waals surface area contributed by atoms with Crippen LogP contribution >= 0.6 is 0 Å². The summed E-state index contributed by atoms with van der Waals surface area (Å²) in [4.78, 5) is 0. The molecule has 0 aliphatic rings. The Morgan fingerprint density at radius 3 is 2.43 bits per heavy atom. The molecule has 0 heterocycles. The molecular weight excluding hydrogens is 174 g/mol. The van der Waals surface area contributed by atoms with Gasteiger partial charge in [0.25, 0.3) is 0 Å². The molecule has 0 aromatic heterocycles. The third-order valence-electron chi connectivity index (χ3n) is 2.38. The average molecular weight is 193 g/mol. The first-order chi connectivity index (χ1) is 6.74. The summed E-state index contributed by atoms with van der Waals surface area (Å²) in [7, 11) is 0. The minimum atomic E-state index is 0.245. The van der Waals surface area contributed by atoms with Crippen LogP contribution in [0.3, 0.4) is 0 Å². The zero-order valence-electron chi connectivity index (χ0n) is 8.90. The van der Waals surface area contributed by atoms with Crippen LogP contribution < -0.4 is 5.32 Å². The second-order valence-corrected chi connectivity index (χ2v) is 3.83. The largest absolute Gasteiger partial charge is 0.396 e. The summed E-state index contributed by atoms with van der Waals surface area (Å²) in [5.74, 6) is 0.321. The Morgan fingerprint density at radius 1 is 1.21 bits per heavy atom. The van der Waals surface area contributed by atoms with E-state index in [0.717, 1.165) is 6.54 Å². The standard InChI is InChI=1S/C12H19NO/c1-10(9-14)8-13-11(2)12-6-4-3-5-7-12/h3-7,10-11,13-14H,8-9H2,1-2H3/t10?,11-/m0/s1. The molecule has 1 aromatic rings. The highest BCUT2D eigenvalue weighted by Gasteiger charge is 2.05. The molecule has 0 spiro atoms. The molecule has 0 amide bonds. The average Bonchev–Trinajstić information content (AvgIpc) is 2.26. The van der Waals surface area contributed by atoms with Gasteiger partial charge in [-0.25, -0.2) is 0 Å². The molecule has 2 nitrogen and oxygen atoms in total. The number of aliphatic hydroxyl groups excluding tert-OH is 1. The first-order valence-electron chi connectivity index (χ1n) is 5.13. The van der Waals surface area contributed by atoms with Crippen molar-refractivity contribution >= 4 is 0 Å². The van der Waals surface area contributed by atoms with Crippen LogP contribution in [0.5, 0.6) is 0 Å². The minimum Gasteiger partial charge on any atom is -0.396 e. The SMILES string of the molecule is CC(CO)CN[C@@H](C)c1ccccc1. The number of benzene rings is 1. The highest BCUT2D eigenvalue weighted by atomic mass is 16.3. The van der Waals surface area contributed by atoms with Gasteiger partial charge in [0.2, 0.25) is 0 Å². The van der Waals surface area contributed by atoms with Crippen LogP contribution in [-0.4, -0.2) is 18.3 Å². The molecule has 1 aromatic carbocycles. The smallest absolute Gasteiger partial charge is 0.0468 e. The van der Waals surface area contributed by atoms with E-state index < -0.39 is 0 Å². The van der Waals surface area contributed by atoms with Crippen LogP contribution in [0.2, 0.25) is 0 Å². The van der Waals surface area contributed by atoms with Gasteiger partial charge in [-0.2, -0.15) is 0 Å². The van der Waals surface area contributed by atoms with Crippen molar-refractivity contribution in [3.05, 3.63) is 35.9 Å². The molecule has 2 N–H and O–H groups in total. The number of aliphatic hydroxyl groups is 1. The second kappa shape index (κ2) is 5.78. The van der Waals surface area contributed by atoms with E-state index in [0.29, 0.717) is 12.0 Å². The number of hydrogen-bond acceptors (Lipinski definition) is 2. The zero-order chi connectivity index (χ0) is 10.4. The lowest BCUT2D eigenvalue weighted by atomic mass is 10.1. The Morgan fingerprint density at radius 2 is 1.86 bits per heavy atom. The topological polar surface area (TPSA) is 32.3 Å². The van der Waals surface area contributed by atoms with Gasteiger partial charge in [-0.3, -0.25) is 0 Å². The summed E-state index contributed by atoms with van der Waals surface area (Å²) in [6, 6.07) is 10.7. The highest BCUT2D eigenvalue weighted by molar-refractivity contribution is 5.17. The fourth-order valence-electron chi connectivity index (χ4n) is 1.30. The molecule has 78 valence electrons. The molecule has 0 bridgehead atoms. The van der Waals surface area contributed by atoms with Gasteiger partial charge in [0.15, 0.2) is 0 Å². The lowest BCUT2D eigenvalue weighted by Gasteiger charge is -2.16. The summed E-state index contributed by atoms with van der Waals surface area (Å²) >= 11 is 0. The van der Waals surface area contributed by atoms with Crippen LogP contribution in [0, 0.1) is 5.92 Å². The second-order valence-electron chi connectivity index (χ2n) is 3.83. The summed E-state index contributed by atoms with van der Waals surface area (Å²) in [6.07, 6.45) is 0. The van der Waals surface area contributed by atoms with E-state index in [1.54, 1.807) is 0 Å². The molecule has 1 rings (SSSR count). The molecule has 1 unspecified atom stereocenters. The molecule has 14 heavy (non-hydrogen) atoms. The van der Waals surface area contributed by atoms with Gasteiger partial charge in [-0.05, 0) is 18.4 Å². The maximum atomic E-state index is 8.88. The predicted molar refractivity (Wildman–Crippen MR) is 59.1 cm³/mol.